The molecular formula is C24H34N8O3. The number of aromatic nitrogens is 2. The molecule has 188 valence electrons. The van der Waals surface area contributed by atoms with Crippen LogP contribution in [0.1, 0.15) is 25.8 Å². The topological polar surface area (TPSA) is 143 Å². The van der Waals surface area contributed by atoms with E-state index in [-0.39, 0.29) is 23.8 Å². The van der Waals surface area contributed by atoms with Gasteiger partial charge >= 0.3 is 11.7 Å². The van der Waals surface area contributed by atoms with E-state index in [1.54, 1.807) is 35.9 Å². The lowest BCUT2D eigenvalue weighted by molar-refractivity contribution is -0.137. The first-order chi connectivity index (χ1) is 16.6. The van der Waals surface area contributed by atoms with Gasteiger partial charge in [-0.2, -0.15) is 4.98 Å². The highest BCUT2D eigenvalue weighted by Gasteiger charge is 2.31. The van der Waals surface area contributed by atoms with E-state index in [1.807, 2.05) is 24.3 Å². The summed E-state index contributed by atoms with van der Waals surface area (Å²) in [6, 6.07) is 9.24. The van der Waals surface area contributed by atoms with Crippen molar-refractivity contribution in [3.8, 4) is 5.69 Å². The Bertz CT molecular complexity index is 1120. The number of hydrogen-bond donors (Lipinski definition) is 3. The highest BCUT2D eigenvalue weighted by Crippen LogP contribution is 2.15. The standard InChI is InChI=1S/C24H34N8O3/c1-24(2,26)21(33)30-11-13-31(14-12-30)22(34)27-20-8-10-32(23(35)28-20)19-5-3-17(4-6-19)15-29-9-7-18(25)16-29/h3-6,8,10,18H,7,9,11-16,25-26H2,1-2H3,(H,27,28,34,35)/t18-/m0/s1. The van der Waals surface area contributed by atoms with E-state index in [1.165, 1.54) is 4.57 Å². The number of amides is 3. The Hall–Kier alpha value is -3.28. The molecule has 3 heterocycles. The summed E-state index contributed by atoms with van der Waals surface area (Å²) < 4.78 is 1.43. The fourth-order valence-electron chi connectivity index (χ4n) is 4.40. The molecule has 35 heavy (non-hydrogen) atoms. The molecule has 1 aromatic carbocycles. The smallest absolute Gasteiger partial charge is 0.338 e. The summed E-state index contributed by atoms with van der Waals surface area (Å²) in [5.41, 5.74) is 12.3. The Morgan fingerprint density at radius 1 is 1.06 bits per heavy atom. The van der Waals surface area contributed by atoms with Gasteiger partial charge in [0.1, 0.15) is 5.82 Å². The average Bonchev–Trinajstić information content (AvgIpc) is 3.23. The van der Waals surface area contributed by atoms with Crippen LogP contribution < -0.4 is 22.5 Å². The van der Waals surface area contributed by atoms with Crippen LogP contribution in [0.5, 0.6) is 0 Å². The molecule has 0 radical (unpaired) electrons. The third-order valence-electron chi connectivity index (χ3n) is 6.37. The molecule has 2 fully saturated rings. The van der Waals surface area contributed by atoms with E-state index in [2.05, 4.69) is 15.2 Å². The zero-order valence-electron chi connectivity index (χ0n) is 20.3. The predicted molar refractivity (Wildman–Crippen MR) is 133 cm³/mol. The van der Waals surface area contributed by atoms with Crippen LogP contribution in [0.4, 0.5) is 10.6 Å². The molecule has 1 atom stereocenters. The number of hydrogen-bond acceptors (Lipinski definition) is 7. The quantitative estimate of drug-likeness (QED) is 0.552. The molecule has 0 unspecified atom stereocenters. The number of nitrogens with zero attached hydrogens (tertiary/aromatic N) is 5. The van der Waals surface area contributed by atoms with Crippen LogP contribution in [0.2, 0.25) is 0 Å². The summed E-state index contributed by atoms with van der Waals surface area (Å²) in [5.74, 6) is 0.0379. The van der Waals surface area contributed by atoms with Crippen LogP contribution in [0, 0.1) is 0 Å². The molecule has 11 nitrogen and oxygen atoms in total. The van der Waals surface area contributed by atoms with Gasteiger partial charge in [0.15, 0.2) is 0 Å². The molecule has 5 N–H and O–H groups in total. The summed E-state index contributed by atoms with van der Waals surface area (Å²) in [7, 11) is 0. The molecular weight excluding hydrogens is 448 g/mol. The molecule has 0 saturated carbocycles. The average molecular weight is 483 g/mol. The molecule has 2 saturated heterocycles. The summed E-state index contributed by atoms with van der Waals surface area (Å²) in [6.07, 6.45) is 2.62. The molecule has 3 amide bonds. The van der Waals surface area contributed by atoms with Crippen LogP contribution in [-0.2, 0) is 11.3 Å². The number of piperazine rings is 1. The van der Waals surface area contributed by atoms with Gasteiger partial charge in [-0.15, -0.1) is 0 Å². The second-order valence-electron chi connectivity index (χ2n) is 9.85. The first-order valence-corrected chi connectivity index (χ1v) is 11.9. The first-order valence-electron chi connectivity index (χ1n) is 11.9. The number of nitrogens with one attached hydrogen (secondary N) is 1. The van der Waals surface area contributed by atoms with Gasteiger partial charge in [0.05, 0.1) is 11.2 Å². The van der Waals surface area contributed by atoms with Crippen molar-refractivity contribution >= 4 is 17.8 Å². The maximum Gasteiger partial charge on any atom is 0.354 e. The third-order valence-corrected chi connectivity index (χ3v) is 6.37. The third kappa shape index (κ3) is 6.05. The van der Waals surface area contributed by atoms with Crippen LogP contribution in [0.15, 0.2) is 41.3 Å². The highest BCUT2D eigenvalue weighted by molar-refractivity contribution is 5.89. The van der Waals surface area contributed by atoms with Crippen molar-refractivity contribution in [1.29, 1.82) is 0 Å². The summed E-state index contributed by atoms with van der Waals surface area (Å²) >= 11 is 0. The maximum absolute atomic E-state index is 12.6. The Morgan fingerprint density at radius 3 is 2.29 bits per heavy atom. The van der Waals surface area contributed by atoms with Crippen molar-refractivity contribution in [2.24, 2.45) is 11.5 Å². The largest absolute Gasteiger partial charge is 0.354 e. The summed E-state index contributed by atoms with van der Waals surface area (Å²) in [5, 5.41) is 2.68. The number of urea groups is 1. The lowest BCUT2D eigenvalue weighted by Crippen LogP contribution is -2.58. The molecule has 4 rings (SSSR count). The maximum atomic E-state index is 12.6. The fraction of sp³-hybridized carbons (Fsp3) is 0.500. The molecule has 2 aliphatic rings. The van der Waals surface area contributed by atoms with Gasteiger partial charge in [0, 0.05) is 58.1 Å². The minimum atomic E-state index is -0.944. The molecule has 0 aliphatic carbocycles. The molecule has 2 aliphatic heterocycles. The second kappa shape index (κ2) is 10.1. The van der Waals surface area contributed by atoms with Gasteiger partial charge in [-0.25, -0.2) is 9.59 Å². The lowest BCUT2D eigenvalue weighted by Gasteiger charge is -2.37. The minimum absolute atomic E-state index is 0.142. The predicted octanol–water partition coefficient (Wildman–Crippen LogP) is 0.179. The molecule has 2 aromatic rings. The van der Waals surface area contributed by atoms with Crippen molar-refractivity contribution in [1.82, 2.24) is 24.3 Å². The normalized spacial score (nSPS) is 19.1. The number of benzene rings is 1. The number of carbonyl (C=O) groups excluding carboxylic acids is 2. The first kappa shape index (κ1) is 24.8. The Morgan fingerprint density at radius 2 is 1.71 bits per heavy atom. The van der Waals surface area contributed by atoms with Gasteiger partial charge in [0.2, 0.25) is 5.91 Å². The Balaban J connectivity index is 1.33. The summed E-state index contributed by atoms with van der Waals surface area (Å²) in [6.45, 7) is 7.63. The van der Waals surface area contributed by atoms with E-state index >= 15 is 0 Å². The van der Waals surface area contributed by atoms with Crippen molar-refractivity contribution < 1.29 is 9.59 Å². The molecule has 11 heteroatoms. The lowest BCUT2D eigenvalue weighted by atomic mass is 10.1. The zero-order chi connectivity index (χ0) is 25.2. The Labute approximate surface area is 204 Å². The minimum Gasteiger partial charge on any atom is -0.338 e. The van der Waals surface area contributed by atoms with Crippen molar-refractivity contribution in [3.05, 3.63) is 52.6 Å². The summed E-state index contributed by atoms with van der Waals surface area (Å²) in [4.78, 5) is 47.2. The van der Waals surface area contributed by atoms with E-state index in [9.17, 15) is 14.4 Å². The van der Waals surface area contributed by atoms with E-state index in [0.29, 0.717) is 31.9 Å². The number of anilines is 1. The zero-order valence-corrected chi connectivity index (χ0v) is 20.3. The highest BCUT2D eigenvalue weighted by atomic mass is 16.2. The number of nitrogens with two attached hydrogens (primary N) is 2. The molecule has 0 spiro atoms. The van der Waals surface area contributed by atoms with Gasteiger partial charge in [-0.1, -0.05) is 12.1 Å². The van der Waals surface area contributed by atoms with Crippen molar-refractivity contribution in [2.75, 3.05) is 44.6 Å². The van der Waals surface area contributed by atoms with Crippen LogP contribution >= 0.6 is 0 Å². The SMILES string of the molecule is CC(C)(N)C(=O)N1CCN(C(=O)Nc2ccn(-c3ccc(CN4CC[C@H](N)C4)cc3)c(=O)n2)CC1. The molecule has 0 bridgehead atoms. The van der Waals surface area contributed by atoms with Gasteiger partial charge in [-0.05, 0) is 44.0 Å². The van der Waals surface area contributed by atoms with Crippen molar-refractivity contribution in [3.63, 3.8) is 0 Å². The van der Waals surface area contributed by atoms with E-state index < -0.39 is 11.2 Å². The van der Waals surface area contributed by atoms with Crippen LogP contribution in [0.25, 0.3) is 5.69 Å². The van der Waals surface area contributed by atoms with Gasteiger partial charge in [0.25, 0.3) is 0 Å². The monoisotopic (exact) mass is 482 g/mol. The van der Waals surface area contributed by atoms with Crippen LogP contribution in [-0.4, -0.2) is 87.0 Å². The fourth-order valence-corrected chi connectivity index (χ4v) is 4.40. The van der Waals surface area contributed by atoms with Gasteiger partial charge in [-0.3, -0.25) is 19.6 Å². The molecule has 1 aromatic heterocycles. The Kier molecular flexibility index (Phi) is 7.20. The van der Waals surface area contributed by atoms with E-state index in [0.717, 1.165) is 31.6 Å². The number of likely N-dealkylation sites (tertiary alicyclic amines) is 1. The van der Waals surface area contributed by atoms with Crippen LogP contribution in [0.3, 0.4) is 0 Å². The number of carbonyl (C=O) groups is 2. The van der Waals surface area contributed by atoms with Gasteiger partial charge < -0.3 is 21.3 Å². The number of rotatable bonds is 5. The van der Waals surface area contributed by atoms with E-state index in [4.69, 9.17) is 11.5 Å². The second-order valence-corrected chi connectivity index (χ2v) is 9.85. The van der Waals surface area contributed by atoms with Crippen molar-refractivity contribution in [2.45, 2.75) is 38.4 Å².